The van der Waals surface area contributed by atoms with Crippen molar-refractivity contribution in [3.8, 4) is 11.8 Å². The van der Waals surface area contributed by atoms with E-state index in [2.05, 4.69) is 27.2 Å². The predicted octanol–water partition coefficient (Wildman–Crippen LogP) is 0.686. The lowest BCUT2D eigenvalue weighted by atomic mass is 10.2. The van der Waals surface area contributed by atoms with Gasteiger partial charge in [0.15, 0.2) is 0 Å². The van der Waals surface area contributed by atoms with E-state index < -0.39 is 0 Å². The van der Waals surface area contributed by atoms with Crippen molar-refractivity contribution in [2.45, 2.75) is 6.92 Å². The lowest BCUT2D eigenvalue weighted by molar-refractivity contribution is 0.102. The fourth-order valence-corrected chi connectivity index (χ4v) is 1.70. The number of carbonyl (C=O) groups excluding carboxylic acids is 1. The summed E-state index contributed by atoms with van der Waals surface area (Å²) in [7, 11) is 1.80. The summed E-state index contributed by atoms with van der Waals surface area (Å²) in [5.74, 6) is 5.33. The first-order chi connectivity index (χ1) is 9.60. The first kappa shape index (κ1) is 13.8. The summed E-state index contributed by atoms with van der Waals surface area (Å²) < 4.78 is 1.65. The zero-order chi connectivity index (χ0) is 14.5. The Kier molecular flexibility index (Phi) is 4.13. The number of rotatable bonds is 2. The third-order valence-electron chi connectivity index (χ3n) is 2.60. The van der Waals surface area contributed by atoms with Gasteiger partial charge in [-0.2, -0.15) is 5.10 Å². The highest BCUT2D eigenvalue weighted by molar-refractivity contribution is 6.04. The second-order valence-electron chi connectivity index (χ2n) is 4.22. The Morgan fingerprint density at radius 1 is 1.50 bits per heavy atom. The number of anilines is 1. The predicted molar refractivity (Wildman–Crippen MR) is 76.1 cm³/mol. The minimum absolute atomic E-state index is 0.245. The summed E-state index contributed by atoms with van der Waals surface area (Å²) in [4.78, 5) is 16.1. The van der Waals surface area contributed by atoms with Crippen LogP contribution in [0, 0.1) is 18.8 Å². The topological polar surface area (TPSA) is 85.8 Å². The fraction of sp³-hybridized carbons (Fsp3) is 0.214. The fourth-order valence-electron chi connectivity index (χ4n) is 1.70. The van der Waals surface area contributed by atoms with Crippen molar-refractivity contribution >= 4 is 11.6 Å². The molecule has 0 fully saturated rings. The van der Waals surface area contributed by atoms with Crippen LogP contribution in [0.1, 0.15) is 21.6 Å². The Balaban J connectivity index is 2.19. The molecule has 6 nitrogen and oxygen atoms in total. The van der Waals surface area contributed by atoms with Gasteiger partial charge in [-0.25, -0.2) is 0 Å². The molecule has 0 aliphatic carbocycles. The quantitative estimate of drug-likeness (QED) is 0.785. The monoisotopic (exact) mass is 269 g/mol. The summed E-state index contributed by atoms with van der Waals surface area (Å²) in [6, 6.07) is 1.68. The second-order valence-corrected chi connectivity index (χ2v) is 4.22. The van der Waals surface area contributed by atoms with Crippen LogP contribution in [-0.4, -0.2) is 27.2 Å². The van der Waals surface area contributed by atoms with Crippen molar-refractivity contribution in [2.75, 3.05) is 11.9 Å². The van der Waals surface area contributed by atoms with Crippen LogP contribution >= 0.6 is 0 Å². The molecule has 0 bridgehead atoms. The van der Waals surface area contributed by atoms with Crippen LogP contribution in [0.2, 0.25) is 0 Å². The third-order valence-corrected chi connectivity index (χ3v) is 2.60. The average Bonchev–Trinajstić information content (AvgIpc) is 2.75. The number of carbonyl (C=O) groups is 1. The molecule has 0 aliphatic heterocycles. The molecule has 0 unspecified atom stereocenters. The van der Waals surface area contributed by atoms with Crippen LogP contribution in [0.5, 0.6) is 0 Å². The van der Waals surface area contributed by atoms with E-state index in [1.54, 1.807) is 30.2 Å². The number of pyridine rings is 1. The van der Waals surface area contributed by atoms with Gasteiger partial charge in [0.2, 0.25) is 0 Å². The number of nitrogens with zero attached hydrogens (tertiary/aromatic N) is 3. The lowest BCUT2D eigenvalue weighted by Crippen LogP contribution is -2.12. The van der Waals surface area contributed by atoms with E-state index in [0.29, 0.717) is 16.8 Å². The van der Waals surface area contributed by atoms with E-state index in [1.807, 2.05) is 6.92 Å². The molecule has 0 spiro atoms. The van der Waals surface area contributed by atoms with Gasteiger partial charge in [0, 0.05) is 31.2 Å². The molecule has 2 aromatic rings. The molecule has 20 heavy (non-hydrogen) atoms. The van der Waals surface area contributed by atoms with Crippen molar-refractivity contribution in [1.29, 1.82) is 0 Å². The lowest BCUT2D eigenvalue weighted by Gasteiger charge is -2.03. The molecule has 1 amide bonds. The first-order valence-electron chi connectivity index (χ1n) is 6.05. The van der Waals surface area contributed by atoms with Crippen LogP contribution in [0.15, 0.2) is 24.7 Å². The highest BCUT2D eigenvalue weighted by Gasteiger charge is 2.10. The summed E-state index contributed by atoms with van der Waals surface area (Å²) in [6.45, 7) is 2.10. The van der Waals surface area contributed by atoms with Crippen LogP contribution in [-0.2, 0) is 7.05 Å². The Bertz CT molecular complexity index is 693. The Morgan fingerprint density at radius 2 is 2.30 bits per heavy atom. The third kappa shape index (κ3) is 3.22. The largest absolute Gasteiger partial charge is 0.320 e. The van der Waals surface area contributed by atoms with Gasteiger partial charge in [-0.1, -0.05) is 11.8 Å². The number of aryl methyl sites for hydroxylation is 2. The molecule has 3 N–H and O–H groups in total. The zero-order valence-corrected chi connectivity index (χ0v) is 11.3. The van der Waals surface area contributed by atoms with E-state index in [0.717, 1.165) is 5.69 Å². The normalized spacial score (nSPS) is 9.75. The van der Waals surface area contributed by atoms with Crippen molar-refractivity contribution in [3.05, 3.63) is 41.5 Å². The Morgan fingerprint density at radius 3 is 2.95 bits per heavy atom. The smallest absolute Gasteiger partial charge is 0.257 e. The minimum atomic E-state index is -0.245. The van der Waals surface area contributed by atoms with E-state index in [-0.39, 0.29) is 12.5 Å². The molecule has 2 heterocycles. The van der Waals surface area contributed by atoms with E-state index in [9.17, 15) is 4.79 Å². The molecule has 2 aromatic heterocycles. The van der Waals surface area contributed by atoms with Crippen molar-refractivity contribution in [2.24, 2.45) is 12.8 Å². The molecule has 0 saturated heterocycles. The summed E-state index contributed by atoms with van der Waals surface area (Å²) in [5, 5.41) is 6.96. The van der Waals surface area contributed by atoms with Gasteiger partial charge in [0.05, 0.1) is 23.5 Å². The van der Waals surface area contributed by atoms with Gasteiger partial charge < -0.3 is 11.1 Å². The van der Waals surface area contributed by atoms with E-state index in [4.69, 9.17) is 5.73 Å². The van der Waals surface area contributed by atoms with Crippen LogP contribution < -0.4 is 11.1 Å². The molecule has 6 heteroatoms. The van der Waals surface area contributed by atoms with Crippen LogP contribution in [0.4, 0.5) is 5.69 Å². The number of nitrogens with one attached hydrogen (secondary N) is 1. The molecule has 0 radical (unpaired) electrons. The van der Waals surface area contributed by atoms with Crippen LogP contribution in [0.3, 0.4) is 0 Å². The number of hydrogen-bond donors (Lipinski definition) is 2. The van der Waals surface area contributed by atoms with Crippen molar-refractivity contribution < 1.29 is 4.79 Å². The summed E-state index contributed by atoms with van der Waals surface area (Å²) in [6.07, 6.45) is 4.84. The van der Waals surface area contributed by atoms with Crippen LogP contribution in [0.25, 0.3) is 0 Å². The van der Waals surface area contributed by atoms with Gasteiger partial charge in [-0.3, -0.25) is 14.5 Å². The minimum Gasteiger partial charge on any atom is -0.320 e. The summed E-state index contributed by atoms with van der Waals surface area (Å²) in [5.41, 5.74) is 7.85. The van der Waals surface area contributed by atoms with Gasteiger partial charge in [0.25, 0.3) is 5.91 Å². The second kappa shape index (κ2) is 5.99. The molecule has 2 rings (SSSR count). The van der Waals surface area contributed by atoms with Crippen molar-refractivity contribution in [1.82, 2.24) is 14.8 Å². The number of aromatic nitrogens is 3. The highest BCUT2D eigenvalue weighted by atomic mass is 16.1. The number of hydrogen-bond acceptors (Lipinski definition) is 4. The molecule has 0 saturated carbocycles. The molecule has 0 aliphatic rings. The Labute approximate surface area is 117 Å². The average molecular weight is 269 g/mol. The zero-order valence-electron chi connectivity index (χ0n) is 11.3. The van der Waals surface area contributed by atoms with Gasteiger partial charge >= 0.3 is 0 Å². The standard InChI is InChI=1S/C14H15N5O/c1-10-13(9-19(2)18-10)17-14(20)12-6-11(4-3-5-15)7-16-8-12/h6-9H,5,15H2,1-2H3,(H,17,20). The molecule has 0 atom stereocenters. The Hall–Kier alpha value is -2.65. The summed E-state index contributed by atoms with van der Waals surface area (Å²) >= 11 is 0. The van der Waals surface area contributed by atoms with Gasteiger partial charge in [-0.05, 0) is 13.0 Å². The molecular formula is C14H15N5O. The number of nitrogens with two attached hydrogens (primary N) is 1. The SMILES string of the molecule is Cc1nn(C)cc1NC(=O)c1cncc(C#CCN)c1. The highest BCUT2D eigenvalue weighted by Crippen LogP contribution is 2.13. The van der Waals surface area contributed by atoms with Gasteiger partial charge in [-0.15, -0.1) is 0 Å². The molecular weight excluding hydrogens is 254 g/mol. The molecule has 0 aromatic carbocycles. The molecule has 102 valence electrons. The van der Waals surface area contributed by atoms with E-state index in [1.165, 1.54) is 6.20 Å². The van der Waals surface area contributed by atoms with E-state index >= 15 is 0 Å². The maximum absolute atomic E-state index is 12.1. The van der Waals surface area contributed by atoms with Crippen molar-refractivity contribution in [3.63, 3.8) is 0 Å². The first-order valence-corrected chi connectivity index (χ1v) is 6.05. The number of amides is 1. The maximum Gasteiger partial charge on any atom is 0.257 e. The maximum atomic E-state index is 12.1. The van der Waals surface area contributed by atoms with Gasteiger partial charge in [0.1, 0.15) is 0 Å².